The van der Waals surface area contributed by atoms with Crippen molar-refractivity contribution in [3.63, 3.8) is 0 Å². The van der Waals surface area contributed by atoms with Crippen LogP contribution in [0.15, 0.2) is 160 Å². The average Bonchev–Trinajstić information content (AvgIpc) is 3.77. The number of thiazole rings is 1. The van der Waals surface area contributed by atoms with Gasteiger partial charge < -0.3 is 9.32 Å². The predicted octanol–water partition coefficient (Wildman–Crippen LogP) is 11.0. The lowest BCUT2D eigenvalue weighted by Crippen LogP contribution is -2.36. The summed E-state index contributed by atoms with van der Waals surface area (Å²) in [4.78, 5) is 18.1. The maximum atomic E-state index is 6.28. The minimum absolute atomic E-state index is 0.352. The highest BCUT2D eigenvalue weighted by Gasteiger charge is 2.30. The van der Waals surface area contributed by atoms with Gasteiger partial charge in [0.1, 0.15) is 22.0 Å². The van der Waals surface area contributed by atoms with Crippen LogP contribution in [0, 0.1) is 0 Å². The second-order valence-corrected chi connectivity index (χ2v) is 13.5. The Morgan fingerprint density at radius 2 is 1.37 bits per heavy atom. The van der Waals surface area contributed by atoms with Crippen LogP contribution in [-0.4, -0.2) is 28.6 Å². The topological polar surface area (TPSA) is 54.0 Å². The number of rotatable bonds is 4. The summed E-state index contributed by atoms with van der Waals surface area (Å²) in [7, 11) is 2.08. The molecule has 2 aromatic heterocycles. The molecular weight excluding hydrogens is 621 g/mol. The Labute approximate surface area is 286 Å². The fourth-order valence-electron chi connectivity index (χ4n) is 7.18. The van der Waals surface area contributed by atoms with Gasteiger partial charge >= 0.3 is 0 Å². The molecule has 1 unspecified atom stereocenters. The molecule has 6 heteroatoms. The number of hydrogen-bond acceptors (Lipinski definition) is 6. The molecule has 10 rings (SSSR count). The molecule has 0 aliphatic carbocycles. The average molecular weight is 649 g/mol. The van der Waals surface area contributed by atoms with E-state index in [1.54, 1.807) is 11.3 Å². The highest BCUT2D eigenvalue weighted by molar-refractivity contribution is 7.21. The highest BCUT2D eigenvalue weighted by atomic mass is 32.1. The molecule has 0 N–H and O–H groups in total. The zero-order valence-corrected chi connectivity index (χ0v) is 27.4. The molecule has 0 radical (unpaired) electrons. The summed E-state index contributed by atoms with van der Waals surface area (Å²) in [6.07, 6.45) is -0.352. The first-order valence-corrected chi connectivity index (χ1v) is 17.2. The molecule has 49 heavy (non-hydrogen) atoms. The number of fused-ring (bicyclic) bond motifs is 7. The molecule has 0 saturated carbocycles. The van der Waals surface area contributed by atoms with E-state index in [1.807, 2.05) is 42.5 Å². The van der Waals surface area contributed by atoms with Crippen LogP contribution < -0.4 is 0 Å². The maximum Gasteiger partial charge on any atom is 0.159 e. The first-order chi connectivity index (χ1) is 24.2. The quantitative estimate of drug-likeness (QED) is 0.178. The molecule has 3 heterocycles. The molecule has 9 aromatic rings. The second kappa shape index (κ2) is 11.0. The van der Waals surface area contributed by atoms with Crippen LogP contribution in [0.3, 0.4) is 0 Å². The number of amidine groups is 2. The zero-order valence-electron chi connectivity index (χ0n) is 26.5. The number of benzene rings is 7. The summed E-state index contributed by atoms with van der Waals surface area (Å²) >= 11 is 1.72. The maximum absolute atomic E-state index is 6.28. The smallest absolute Gasteiger partial charge is 0.159 e. The monoisotopic (exact) mass is 648 g/mol. The van der Waals surface area contributed by atoms with E-state index in [4.69, 9.17) is 19.4 Å². The molecular formula is C43H28N4OS. The fourth-order valence-corrected chi connectivity index (χ4v) is 8.18. The Hall–Kier alpha value is -6.11. The van der Waals surface area contributed by atoms with Crippen LogP contribution in [0.25, 0.3) is 64.3 Å². The number of furan rings is 1. The van der Waals surface area contributed by atoms with Crippen molar-refractivity contribution in [1.29, 1.82) is 0 Å². The lowest BCUT2D eigenvalue weighted by atomic mass is 10.0. The fraction of sp³-hybridized carbons (Fsp3) is 0.0465. The van der Waals surface area contributed by atoms with Gasteiger partial charge in [0, 0.05) is 40.1 Å². The molecule has 0 amide bonds. The Morgan fingerprint density at radius 3 is 2.27 bits per heavy atom. The van der Waals surface area contributed by atoms with Gasteiger partial charge in [0.25, 0.3) is 0 Å². The van der Waals surface area contributed by atoms with Gasteiger partial charge in [0.15, 0.2) is 12.0 Å². The van der Waals surface area contributed by atoms with E-state index in [0.29, 0.717) is 5.84 Å². The van der Waals surface area contributed by atoms with Gasteiger partial charge in [-0.2, -0.15) is 0 Å². The van der Waals surface area contributed by atoms with Gasteiger partial charge in [0.2, 0.25) is 0 Å². The standard InChI is InChI=1S/C43H28N4OS/c1-47-41(32-16-9-19-36-38(32)31-15-7-8-18-35(31)48-36)45-40(28-12-3-2-4-13-28)46-42(47)33-17-10-20-37-39(33)44-43(49-37)29-24-23-27-22-21-26-11-5-6-14-30(26)34(27)25-29/h2-25,42H,1H3. The van der Waals surface area contributed by atoms with E-state index in [2.05, 4.69) is 115 Å². The van der Waals surface area contributed by atoms with Crippen LogP contribution in [0.4, 0.5) is 0 Å². The normalized spacial score (nSPS) is 15.0. The van der Waals surface area contributed by atoms with Crippen molar-refractivity contribution in [1.82, 2.24) is 9.88 Å². The SMILES string of the molecule is CN1C(c2cccc3oc4ccccc4c23)=NC(c2ccccc2)=NC1c1cccc2sc(-c3ccc4ccc5ccccc5c4c3)nc12. The van der Waals surface area contributed by atoms with Gasteiger partial charge in [0.05, 0.1) is 10.2 Å². The van der Waals surface area contributed by atoms with E-state index in [0.717, 1.165) is 65.3 Å². The van der Waals surface area contributed by atoms with Crippen molar-refractivity contribution in [2.45, 2.75) is 6.17 Å². The predicted molar refractivity (Wildman–Crippen MR) is 204 cm³/mol. The minimum atomic E-state index is -0.352. The van der Waals surface area contributed by atoms with Gasteiger partial charge in [-0.1, -0.05) is 121 Å². The molecule has 7 aromatic carbocycles. The summed E-state index contributed by atoms with van der Waals surface area (Å²) in [5.74, 6) is 1.53. The largest absolute Gasteiger partial charge is 0.456 e. The summed E-state index contributed by atoms with van der Waals surface area (Å²) in [6, 6.07) is 50.7. The van der Waals surface area contributed by atoms with Crippen LogP contribution in [-0.2, 0) is 0 Å². The van der Waals surface area contributed by atoms with E-state index in [9.17, 15) is 0 Å². The van der Waals surface area contributed by atoms with E-state index >= 15 is 0 Å². The molecule has 0 fully saturated rings. The Kier molecular flexibility index (Phi) is 6.26. The third-order valence-electron chi connectivity index (χ3n) is 9.55. The van der Waals surface area contributed by atoms with E-state index < -0.39 is 0 Å². The summed E-state index contributed by atoms with van der Waals surface area (Å²) in [5, 5.41) is 8.06. The molecule has 5 nitrogen and oxygen atoms in total. The van der Waals surface area contributed by atoms with E-state index in [1.165, 1.54) is 21.5 Å². The highest BCUT2D eigenvalue weighted by Crippen LogP contribution is 2.40. The Balaban J connectivity index is 1.14. The summed E-state index contributed by atoms with van der Waals surface area (Å²) < 4.78 is 7.41. The van der Waals surface area contributed by atoms with Gasteiger partial charge in [-0.3, -0.25) is 0 Å². The van der Waals surface area contributed by atoms with E-state index in [-0.39, 0.29) is 6.17 Å². The number of aliphatic imine (C=N–C) groups is 2. The lowest BCUT2D eigenvalue weighted by molar-refractivity contribution is 0.385. The number of nitrogens with zero attached hydrogens (tertiary/aromatic N) is 4. The zero-order chi connectivity index (χ0) is 32.5. The van der Waals surface area contributed by atoms with Crippen molar-refractivity contribution in [3.8, 4) is 10.6 Å². The number of para-hydroxylation sites is 2. The van der Waals surface area contributed by atoms with Gasteiger partial charge in [-0.25, -0.2) is 15.0 Å². The van der Waals surface area contributed by atoms with Crippen LogP contribution >= 0.6 is 11.3 Å². The number of aromatic nitrogens is 1. The Bertz CT molecular complexity index is 2810. The van der Waals surface area contributed by atoms with Crippen molar-refractivity contribution >= 4 is 76.7 Å². The van der Waals surface area contributed by atoms with Crippen molar-refractivity contribution in [2.75, 3.05) is 7.05 Å². The molecule has 0 saturated heterocycles. The molecule has 0 spiro atoms. The van der Waals surface area contributed by atoms with Crippen LogP contribution in [0.1, 0.15) is 22.9 Å². The third-order valence-corrected chi connectivity index (χ3v) is 10.6. The Morgan fingerprint density at radius 1 is 0.633 bits per heavy atom. The van der Waals surface area contributed by atoms with Gasteiger partial charge in [-0.05, 0) is 45.8 Å². The minimum Gasteiger partial charge on any atom is -0.456 e. The molecule has 1 aliphatic heterocycles. The molecule has 0 bridgehead atoms. The van der Waals surface area contributed by atoms with Crippen molar-refractivity contribution in [3.05, 3.63) is 162 Å². The third kappa shape index (κ3) is 4.49. The van der Waals surface area contributed by atoms with Crippen LogP contribution in [0.5, 0.6) is 0 Å². The lowest BCUT2D eigenvalue weighted by Gasteiger charge is -2.32. The van der Waals surface area contributed by atoms with Crippen molar-refractivity contribution in [2.24, 2.45) is 9.98 Å². The first-order valence-electron chi connectivity index (χ1n) is 16.4. The first kappa shape index (κ1) is 28.0. The van der Waals surface area contributed by atoms with Crippen LogP contribution in [0.2, 0.25) is 0 Å². The molecule has 1 atom stereocenters. The summed E-state index contributed by atoms with van der Waals surface area (Å²) in [5.41, 5.74) is 6.79. The summed E-state index contributed by atoms with van der Waals surface area (Å²) in [6.45, 7) is 0. The number of hydrogen-bond donors (Lipinski definition) is 0. The second-order valence-electron chi connectivity index (χ2n) is 12.5. The van der Waals surface area contributed by atoms with Crippen molar-refractivity contribution < 1.29 is 4.42 Å². The van der Waals surface area contributed by atoms with Gasteiger partial charge in [-0.15, -0.1) is 11.3 Å². The molecule has 1 aliphatic rings. The molecule has 232 valence electrons.